The number of methoxy groups -OCH3 is 1. The molecule has 0 bridgehead atoms. The van der Waals surface area contributed by atoms with Gasteiger partial charge in [-0.2, -0.15) is 0 Å². The zero-order valence-corrected chi connectivity index (χ0v) is 17.5. The summed E-state index contributed by atoms with van der Waals surface area (Å²) in [5, 5.41) is 14.9. The van der Waals surface area contributed by atoms with Crippen LogP contribution in [0.25, 0.3) is 0 Å². The number of hydrogen-bond acceptors (Lipinski definition) is 6. The third kappa shape index (κ3) is 6.30. The fourth-order valence-corrected chi connectivity index (χ4v) is 3.58. The third-order valence-electron chi connectivity index (χ3n) is 5.13. The molecular weight excluding hydrogens is 370 g/mol. The van der Waals surface area contributed by atoms with E-state index in [2.05, 4.69) is 37.2 Å². The fraction of sp³-hybridized carbons (Fsp3) is 0.650. The molecule has 0 radical (unpaired) electrons. The number of rotatable bonds is 11. The summed E-state index contributed by atoms with van der Waals surface area (Å²) in [6.07, 6.45) is 6.85. The molecule has 160 valence electrons. The van der Waals surface area contributed by atoms with E-state index in [1.807, 2.05) is 12.1 Å². The Balaban J connectivity index is 1.61. The molecule has 9 nitrogen and oxygen atoms in total. The highest BCUT2D eigenvalue weighted by atomic mass is 16.5. The van der Waals surface area contributed by atoms with Crippen molar-refractivity contribution in [2.24, 2.45) is 4.99 Å². The van der Waals surface area contributed by atoms with Gasteiger partial charge in [0.25, 0.3) is 0 Å². The summed E-state index contributed by atoms with van der Waals surface area (Å²) in [6.45, 7) is 7.75. The van der Waals surface area contributed by atoms with Crippen LogP contribution < -0.4 is 10.6 Å². The van der Waals surface area contributed by atoms with Gasteiger partial charge >= 0.3 is 0 Å². The maximum Gasteiger partial charge on any atom is 0.191 e. The van der Waals surface area contributed by atoms with Crippen molar-refractivity contribution in [1.82, 2.24) is 30.3 Å². The molecule has 2 aromatic rings. The predicted molar refractivity (Wildman–Crippen MR) is 112 cm³/mol. The minimum atomic E-state index is 0.165. The number of furan rings is 1. The van der Waals surface area contributed by atoms with Gasteiger partial charge in [0, 0.05) is 33.2 Å². The molecule has 9 heteroatoms. The lowest BCUT2D eigenvalue weighted by Gasteiger charge is -2.24. The fourth-order valence-electron chi connectivity index (χ4n) is 3.58. The van der Waals surface area contributed by atoms with Gasteiger partial charge in [-0.05, 0) is 38.1 Å². The van der Waals surface area contributed by atoms with Gasteiger partial charge in [0.2, 0.25) is 0 Å². The quantitative estimate of drug-likeness (QED) is 0.333. The summed E-state index contributed by atoms with van der Waals surface area (Å²) in [4.78, 5) is 7.31. The SMILES string of the molecule is CCc1nncn1CCNC(=NCC(c1ccco1)N1CCCC1)NCCOC. The lowest BCUT2D eigenvalue weighted by Crippen LogP contribution is -2.41. The van der Waals surface area contributed by atoms with Crippen LogP contribution in [0, 0.1) is 0 Å². The largest absolute Gasteiger partial charge is 0.468 e. The second-order valence-corrected chi connectivity index (χ2v) is 7.10. The lowest BCUT2D eigenvalue weighted by molar-refractivity contribution is 0.203. The van der Waals surface area contributed by atoms with E-state index >= 15 is 0 Å². The maximum absolute atomic E-state index is 5.71. The molecule has 1 unspecified atom stereocenters. The molecule has 0 aromatic carbocycles. The number of aliphatic imine (C=N–C) groups is 1. The number of hydrogen-bond donors (Lipinski definition) is 2. The Labute approximate surface area is 172 Å². The second-order valence-electron chi connectivity index (χ2n) is 7.10. The number of aromatic nitrogens is 3. The van der Waals surface area contributed by atoms with Crippen molar-refractivity contribution in [3.8, 4) is 0 Å². The minimum absolute atomic E-state index is 0.165. The molecule has 0 aliphatic carbocycles. The van der Waals surface area contributed by atoms with Crippen molar-refractivity contribution in [2.75, 3.05) is 46.4 Å². The normalized spacial score (nSPS) is 16.3. The molecule has 3 heterocycles. The Morgan fingerprint density at radius 2 is 2.14 bits per heavy atom. The van der Waals surface area contributed by atoms with E-state index in [1.54, 1.807) is 19.7 Å². The van der Waals surface area contributed by atoms with Crippen LogP contribution in [0.2, 0.25) is 0 Å². The van der Waals surface area contributed by atoms with Crippen molar-refractivity contribution in [2.45, 2.75) is 38.8 Å². The molecule has 29 heavy (non-hydrogen) atoms. The molecule has 1 saturated heterocycles. The Morgan fingerprint density at radius 3 is 2.86 bits per heavy atom. The van der Waals surface area contributed by atoms with Crippen LogP contribution >= 0.6 is 0 Å². The molecule has 1 fully saturated rings. The van der Waals surface area contributed by atoms with E-state index in [0.29, 0.717) is 19.7 Å². The van der Waals surface area contributed by atoms with Crippen molar-refractivity contribution < 1.29 is 9.15 Å². The van der Waals surface area contributed by atoms with Crippen molar-refractivity contribution >= 4 is 5.96 Å². The van der Waals surface area contributed by atoms with E-state index in [9.17, 15) is 0 Å². The molecule has 1 aliphatic rings. The summed E-state index contributed by atoms with van der Waals surface area (Å²) in [7, 11) is 1.70. The van der Waals surface area contributed by atoms with Gasteiger partial charge in [0.1, 0.15) is 17.9 Å². The zero-order valence-electron chi connectivity index (χ0n) is 17.5. The molecule has 0 spiro atoms. The standard InChI is InChI=1S/C20H33N7O2/c1-3-19-25-24-16-27(19)12-8-21-20(22-9-14-28-2)23-15-17(18-7-6-13-29-18)26-10-4-5-11-26/h6-7,13,16-17H,3-5,8-12,14-15H2,1-2H3,(H2,21,22,23). The number of aryl methyl sites for hydroxylation is 1. The molecule has 2 aromatic heterocycles. The summed E-state index contributed by atoms with van der Waals surface area (Å²) >= 11 is 0. The van der Waals surface area contributed by atoms with Gasteiger partial charge in [-0.15, -0.1) is 10.2 Å². The van der Waals surface area contributed by atoms with Crippen LogP contribution in [0.3, 0.4) is 0 Å². The first kappa shape index (κ1) is 21.3. The van der Waals surface area contributed by atoms with Crippen LogP contribution in [0.4, 0.5) is 0 Å². The Hall–Kier alpha value is -2.39. The van der Waals surface area contributed by atoms with Crippen molar-refractivity contribution in [3.05, 3.63) is 36.3 Å². The van der Waals surface area contributed by atoms with Crippen LogP contribution in [0.5, 0.6) is 0 Å². The van der Waals surface area contributed by atoms with E-state index in [1.165, 1.54) is 12.8 Å². The predicted octanol–water partition coefficient (Wildman–Crippen LogP) is 1.45. The van der Waals surface area contributed by atoms with Crippen LogP contribution in [-0.4, -0.2) is 72.1 Å². The van der Waals surface area contributed by atoms with Gasteiger partial charge < -0.3 is 24.4 Å². The van der Waals surface area contributed by atoms with Gasteiger partial charge in [-0.25, -0.2) is 0 Å². The Kier molecular flexibility index (Phi) is 8.51. The number of likely N-dealkylation sites (tertiary alicyclic amines) is 1. The molecule has 0 amide bonds. The number of nitrogens with one attached hydrogen (secondary N) is 2. The number of nitrogens with zero attached hydrogens (tertiary/aromatic N) is 5. The van der Waals surface area contributed by atoms with Gasteiger partial charge in [0.15, 0.2) is 5.96 Å². The number of guanidine groups is 1. The average molecular weight is 404 g/mol. The van der Waals surface area contributed by atoms with Gasteiger partial charge in [-0.3, -0.25) is 9.89 Å². The molecular formula is C20H33N7O2. The monoisotopic (exact) mass is 403 g/mol. The van der Waals surface area contributed by atoms with E-state index < -0.39 is 0 Å². The number of ether oxygens (including phenoxy) is 1. The van der Waals surface area contributed by atoms with Gasteiger partial charge in [0.05, 0.1) is 25.5 Å². The second kappa shape index (κ2) is 11.6. The van der Waals surface area contributed by atoms with Crippen molar-refractivity contribution in [1.29, 1.82) is 0 Å². The molecule has 2 N–H and O–H groups in total. The molecule has 1 atom stereocenters. The van der Waals surface area contributed by atoms with E-state index in [0.717, 1.165) is 50.1 Å². The first-order valence-electron chi connectivity index (χ1n) is 10.5. The summed E-state index contributed by atoms with van der Waals surface area (Å²) in [6, 6.07) is 4.16. The van der Waals surface area contributed by atoms with Crippen LogP contribution in [0.15, 0.2) is 34.1 Å². The molecule has 1 aliphatic heterocycles. The Morgan fingerprint density at radius 1 is 1.31 bits per heavy atom. The van der Waals surface area contributed by atoms with E-state index in [4.69, 9.17) is 14.1 Å². The molecule has 3 rings (SSSR count). The van der Waals surface area contributed by atoms with Crippen molar-refractivity contribution in [3.63, 3.8) is 0 Å². The van der Waals surface area contributed by atoms with Crippen LogP contribution in [0.1, 0.15) is 37.4 Å². The van der Waals surface area contributed by atoms with Gasteiger partial charge in [-0.1, -0.05) is 6.92 Å². The highest BCUT2D eigenvalue weighted by molar-refractivity contribution is 5.79. The molecule has 0 saturated carbocycles. The smallest absolute Gasteiger partial charge is 0.191 e. The highest BCUT2D eigenvalue weighted by Crippen LogP contribution is 2.25. The lowest BCUT2D eigenvalue weighted by atomic mass is 10.2. The minimum Gasteiger partial charge on any atom is -0.468 e. The first-order valence-corrected chi connectivity index (χ1v) is 10.5. The van der Waals surface area contributed by atoms with Crippen LogP contribution in [-0.2, 0) is 17.7 Å². The highest BCUT2D eigenvalue weighted by Gasteiger charge is 2.25. The first-order chi connectivity index (χ1) is 14.3. The third-order valence-corrected chi connectivity index (χ3v) is 5.13. The summed E-state index contributed by atoms with van der Waals surface area (Å²) < 4.78 is 12.9. The summed E-state index contributed by atoms with van der Waals surface area (Å²) in [5.41, 5.74) is 0. The van der Waals surface area contributed by atoms with E-state index in [-0.39, 0.29) is 6.04 Å². The Bertz CT molecular complexity index is 723. The maximum atomic E-state index is 5.71. The average Bonchev–Trinajstić information content (AvgIpc) is 3.50. The topological polar surface area (TPSA) is 92.7 Å². The summed E-state index contributed by atoms with van der Waals surface area (Å²) in [5.74, 6) is 2.75. The zero-order chi connectivity index (χ0) is 20.3.